The summed E-state index contributed by atoms with van der Waals surface area (Å²) in [6, 6.07) is 6.67. The molecule has 4 heteroatoms. The van der Waals surface area contributed by atoms with E-state index < -0.39 is 17.5 Å². The number of aromatic hydroxyl groups is 1. The van der Waals surface area contributed by atoms with Crippen molar-refractivity contribution >= 4 is 5.97 Å². The Balaban J connectivity index is 2.60. The van der Waals surface area contributed by atoms with Gasteiger partial charge in [-0.1, -0.05) is 12.1 Å². The fraction of sp³-hybridized carbons (Fsp3) is 0.462. The summed E-state index contributed by atoms with van der Waals surface area (Å²) in [6.45, 7) is 3.03. The van der Waals surface area contributed by atoms with Gasteiger partial charge in [0.25, 0.3) is 0 Å². The normalized spacial score (nSPS) is 16.2. The summed E-state index contributed by atoms with van der Waals surface area (Å²) >= 11 is 0. The van der Waals surface area contributed by atoms with Crippen LogP contribution in [0.2, 0.25) is 0 Å². The van der Waals surface area contributed by atoms with Crippen LogP contribution in [-0.4, -0.2) is 26.9 Å². The summed E-state index contributed by atoms with van der Waals surface area (Å²) in [6.07, 6.45) is 0.941. The minimum absolute atomic E-state index is 0.194. The van der Waals surface area contributed by atoms with Gasteiger partial charge < -0.3 is 15.3 Å². The first-order valence-corrected chi connectivity index (χ1v) is 5.56. The van der Waals surface area contributed by atoms with Crippen molar-refractivity contribution in [3.63, 3.8) is 0 Å². The Morgan fingerprint density at radius 1 is 1.35 bits per heavy atom. The number of aliphatic carboxylic acids is 1. The van der Waals surface area contributed by atoms with E-state index in [1.165, 1.54) is 13.8 Å². The fourth-order valence-corrected chi connectivity index (χ4v) is 1.54. The average molecular weight is 238 g/mol. The van der Waals surface area contributed by atoms with E-state index in [0.717, 1.165) is 5.56 Å². The number of carbonyl (C=O) groups is 1. The zero-order valence-corrected chi connectivity index (χ0v) is 10.1. The maximum atomic E-state index is 10.8. The summed E-state index contributed by atoms with van der Waals surface area (Å²) in [5, 5.41) is 28.0. The Labute approximate surface area is 101 Å². The van der Waals surface area contributed by atoms with Crippen molar-refractivity contribution in [1.82, 2.24) is 0 Å². The first-order chi connectivity index (χ1) is 7.83. The second-order valence-corrected chi connectivity index (χ2v) is 4.58. The molecule has 3 N–H and O–H groups in total. The van der Waals surface area contributed by atoms with E-state index in [2.05, 4.69) is 0 Å². The lowest BCUT2D eigenvalue weighted by Crippen LogP contribution is -2.38. The highest BCUT2D eigenvalue weighted by Crippen LogP contribution is 2.23. The van der Waals surface area contributed by atoms with E-state index in [-0.39, 0.29) is 5.75 Å². The second kappa shape index (κ2) is 5.19. The van der Waals surface area contributed by atoms with Crippen LogP contribution >= 0.6 is 0 Å². The summed E-state index contributed by atoms with van der Waals surface area (Å²) in [5.41, 5.74) is -0.273. The van der Waals surface area contributed by atoms with Gasteiger partial charge in [0, 0.05) is 0 Å². The second-order valence-electron chi connectivity index (χ2n) is 4.58. The molecule has 0 spiro atoms. The Bertz CT molecular complexity index is 381. The first-order valence-electron chi connectivity index (χ1n) is 5.56. The molecule has 0 aliphatic carbocycles. The van der Waals surface area contributed by atoms with Crippen LogP contribution in [0.25, 0.3) is 0 Å². The maximum Gasteiger partial charge on any atom is 0.309 e. The quantitative estimate of drug-likeness (QED) is 0.731. The summed E-state index contributed by atoms with van der Waals surface area (Å²) in [5.74, 6) is -1.61. The first kappa shape index (κ1) is 13.5. The van der Waals surface area contributed by atoms with Gasteiger partial charge in [-0.25, -0.2) is 0 Å². The van der Waals surface area contributed by atoms with Gasteiger partial charge in [-0.15, -0.1) is 0 Å². The SMILES string of the molecule is CC(C(=O)O)C(C)(O)CCc1ccc(O)cc1. The van der Waals surface area contributed by atoms with Crippen molar-refractivity contribution in [2.45, 2.75) is 32.3 Å². The summed E-state index contributed by atoms with van der Waals surface area (Å²) < 4.78 is 0. The summed E-state index contributed by atoms with van der Waals surface area (Å²) in [7, 11) is 0. The lowest BCUT2D eigenvalue weighted by Gasteiger charge is -2.27. The number of benzene rings is 1. The van der Waals surface area contributed by atoms with E-state index in [1.807, 2.05) is 0 Å². The molecular weight excluding hydrogens is 220 g/mol. The van der Waals surface area contributed by atoms with Crippen molar-refractivity contribution in [2.24, 2.45) is 5.92 Å². The maximum absolute atomic E-state index is 10.8. The van der Waals surface area contributed by atoms with Gasteiger partial charge in [0.05, 0.1) is 11.5 Å². The highest BCUT2D eigenvalue weighted by atomic mass is 16.4. The molecule has 17 heavy (non-hydrogen) atoms. The average Bonchev–Trinajstić information content (AvgIpc) is 2.27. The molecule has 0 saturated carbocycles. The van der Waals surface area contributed by atoms with E-state index >= 15 is 0 Å². The van der Waals surface area contributed by atoms with Gasteiger partial charge in [-0.2, -0.15) is 0 Å². The Morgan fingerprint density at radius 2 is 1.88 bits per heavy atom. The van der Waals surface area contributed by atoms with E-state index in [1.54, 1.807) is 24.3 Å². The molecule has 4 nitrogen and oxygen atoms in total. The molecule has 0 fully saturated rings. The van der Waals surface area contributed by atoms with Crippen LogP contribution in [0.1, 0.15) is 25.8 Å². The van der Waals surface area contributed by atoms with Crippen molar-refractivity contribution in [3.8, 4) is 5.75 Å². The number of aryl methyl sites for hydroxylation is 1. The van der Waals surface area contributed by atoms with Gasteiger partial charge in [0.2, 0.25) is 0 Å². The molecule has 0 aliphatic rings. The van der Waals surface area contributed by atoms with Crippen LogP contribution in [0.4, 0.5) is 0 Å². The molecule has 2 unspecified atom stereocenters. The van der Waals surface area contributed by atoms with Crippen LogP contribution in [0.15, 0.2) is 24.3 Å². The number of carboxylic acid groups (broad SMARTS) is 1. The van der Waals surface area contributed by atoms with Crippen LogP contribution in [0.5, 0.6) is 5.75 Å². The van der Waals surface area contributed by atoms with Crippen molar-refractivity contribution in [2.75, 3.05) is 0 Å². The molecule has 94 valence electrons. The van der Waals surface area contributed by atoms with Crippen LogP contribution in [0.3, 0.4) is 0 Å². The minimum atomic E-state index is -1.23. The molecule has 0 aliphatic heterocycles. The molecule has 2 atom stereocenters. The molecule has 0 amide bonds. The van der Waals surface area contributed by atoms with Crippen LogP contribution < -0.4 is 0 Å². The largest absolute Gasteiger partial charge is 0.508 e. The third kappa shape index (κ3) is 3.75. The highest BCUT2D eigenvalue weighted by molar-refractivity contribution is 5.70. The van der Waals surface area contributed by atoms with E-state index in [9.17, 15) is 9.90 Å². The number of hydrogen-bond acceptors (Lipinski definition) is 3. The number of rotatable bonds is 5. The zero-order chi connectivity index (χ0) is 13.1. The molecule has 0 aromatic heterocycles. The van der Waals surface area contributed by atoms with Crippen molar-refractivity contribution < 1.29 is 20.1 Å². The molecular formula is C13H18O4. The molecule has 1 aromatic rings. The third-order valence-electron chi connectivity index (χ3n) is 3.16. The highest BCUT2D eigenvalue weighted by Gasteiger charge is 2.33. The van der Waals surface area contributed by atoms with Gasteiger partial charge >= 0.3 is 5.97 Å². The number of aliphatic hydroxyl groups is 1. The number of hydrogen-bond donors (Lipinski definition) is 3. The molecule has 0 heterocycles. The molecule has 1 rings (SSSR count). The molecule has 0 radical (unpaired) electrons. The van der Waals surface area contributed by atoms with E-state index in [0.29, 0.717) is 12.8 Å². The monoisotopic (exact) mass is 238 g/mol. The van der Waals surface area contributed by atoms with Crippen molar-refractivity contribution in [3.05, 3.63) is 29.8 Å². The standard InChI is InChI=1S/C13H18O4/c1-9(12(15)16)13(2,17)8-7-10-3-5-11(14)6-4-10/h3-6,9,14,17H,7-8H2,1-2H3,(H,15,16). The van der Waals surface area contributed by atoms with Gasteiger partial charge in [-0.05, 0) is 44.4 Å². The molecule has 0 bridgehead atoms. The van der Waals surface area contributed by atoms with Gasteiger partial charge in [0.1, 0.15) is 5.75 Å². The van der Waals surface area contributed by atoms with E-state index in [4.69, 9.17) is 10.2 Å². The summed E-state index contributed by atoms with van der Waals surface area (Å²) in [4.78, 5) is 10.8. The smallest absolute Gasteiger partial charge is 0.309 e. The molecule has 1 aromatic carbocycles. The predicted molar refractivity (Wildman–Crippen MR) is 63.9 cm³/mol. The van der Waals surface area contributed by atoms with Gasteiger partial charge in [-0.3, -0.25) is 4.79 Å². The topological polar surface area (TPSA) is 77.8 Å². The zero-order valence-electron chi connectivity index (χ0n) is 10.1. The number of phenols is 1. The predicted octanol–water partition coefficient (Wildman–Crippen LogP) is 1.80. The number of phenolic OH excluding ortho intramolecular Hbond substituents is 1. The van der Waals surface area contributed by atoms with Crippen LogP contribution in [0, 0.1) is 5.92 Å². The number of carboxylic acids is 1. The third-order valence-corrected chi connectivity index (χ3v) is 3.16. The fourth-order valence-electron chi connectivity index (χ4n) is 1.54. The van der Waals surface area contributed by atoms with Crippen LogP contribution in [-0.2, 0) is 11.2 Å². The van der Waals surface area contributed by atoms with Gasteiger partial charge in [0.15, 0.2) is 0 Å². The van der Waals surface area contributed by atoms with Crippen molar-refractivity contribution in [1.29, 1.82) is 0 Å². The molecule has 0 saturated heterocycles. The lowest BCUT2D eigenvalue weighted by atomic mass is 9.85. The Kier molecular flexibility index (Phi) is 4.12. The Morgan fingerprint density at radius 3 is 2.35 bits per heavy atom. The Hall–Kier alpha value is -1.55. The lowest BCUT2D eigenvalue weighted by molar-refractivity contribution is -0.150. The minimum Gasteiger partial charge on any atom is -0.508 e.